The number of benzene rings is 1. The molecule has 0 unspecified atom stereocenters. The van der Waals surface area contributed by atoms with Crippen LogP contribution in [-0.4, -0.2) is 38.5 Å². The number of hydrogen-bond donors (Lipinski definition) is 2. The van der Waals surface area contributed by atoms with Crippen molar-refractivity contribution in [2.45, 2.75) is 25.3 Å². The molecule has 6 rings (SSSR count). The van der Waals surface area contributed by atoms with Crippen LogP contribution < -0.4 is 10.6 Å². The Morgan fingerprint density at radius 2 is 1.97 bits per heavy atom. The molecule has 1 amide bonds. The fourth-order valence-corrected chi connectivity index (χ4v) is 5.16. The zero-order chi connectivity index (χ0) is 22.5. The van der Waals surface area contributed by atoms with Gasteiger partial charge >= 0.3 is 0 Å². The topological polar surface area (TPSA) is 86.0 Å². The molecule has 5 heterocycles. The first-order valence-electron chi connectivity index (χ1n) is 11.3. The lowest BCUT2D eigenvalue weighted by atomic mass is 9.94. The molecule has 2 aliphatic heterocycles. The van der Waals surface area contributed by atoms with Crippen molar-refractivity contribution in [1.82, 2.24) is 24.6 Å². The van der Waals surface area contributed by atoms with E-state index in [1.165, 1.54) is 5.69 Å². The van der Waals surface area contributed by atoms with E-state index in [1.807, 2.05) is 47.9 Å². The summed E-state index contributed by atoms with van der Waals surface area (Å²) in [5.74, 6) is 1.14. The van der Waals surface area contributed by atoms with Crippen molar-refractivity contribution < 1.29 is 9.53 Å². The van der Waals surface area contributed by atoms with Crippen LogP contribution in [0, 0.1) is 0 Å². The Bertz CT molecular complexity index is 1380. The maximum absolute atomic E-state index is 12.8. The predicted octanol–water partition coefficient (Wildman–Crippen LogP) is 3.85. The number of amides is 1. The van der Waals surface area contributed by atoms with Crippen molar-refractivity contribution in [3.63, 3.8) is 0 Å². The number of carbonyl (C=O) groups is 1. The Hall–Kier alpha value is -3.65. The average molecular weight is 443 g/mol. The van der Waals surface area contributed by atoms with Gasteiger partial charge in [-0.3, -0.25) is 9.48 Å². The maximum atomic E-state index is 12.8. The third-order valence-electron chi connectivity index (χ3n) is 6.84. The molecule has 0 radical (unpaired) electrons. The molecule has 4 aromatic rings. The van der Waals surface area contributed by atoms with Crippen molar-refractivity contribution in [3.8, 4) is 11.1 Å². The highest BCUT2D eigenvalue weighted by atomic mass is 16.5. The number of ether oxygens (including phenoxy) is 1. The third kappa shape index (κ3) is 3.29. The largest absolute Gasteiger partial charge is 0.381 e. The molecule has 168 valence electrons. The number of hydrogen-bond acceptors (Lipinski definition) is 5. The molecule has 1 saturated heterocycles. The smallest absolute Gasteiger partial charge is 0.254 e. The number of rotatable bonds is 4. The van der Waals surface area contributed by atoms with E-state index < -0.39 is 0 Å². The summed E-state index contributed by atoms with van der Waals surface area (Å²) in [4.78, 5) is 17.3. The Morgan fingerprint density at radius 1 is 1.12 bits per heavy atom. The van der Waals surface area contributed by atoms with E-state index in [9.17, 15) is 4.79 Å². The van der Waals surface area contributed by atoms with Gasteiger partial charge in [-0.05, 0) is 47.7 Å². The minimum atomic E-state index is -0.0618. The van der Waals surface area contributed by atoms with Crippen LogP contribution in [0.25, 0.3) is 22.2 Å². The fraction of sp³-hybridized carbons (Fsp3) is 0.320. The Balaban J connectivity index is 1.39. The molecule has 3 aromatic heterocycles. The molecule has 8 heteroatoms. The SMILES string of the molecule is Cn1nc(Nc2ccc(-c3ccnc4c3ccn4C)c3c2C(=O)NC3)cc1C1CCOCC1. The van der Waals surface area contributed by atoms with Crippen LogP contribution in [-0.2, 0) is 25.4 Å². The van der Waals surface area contributed by atoms with Gasteiger partial charge in [-0.25, -0.2) is 4.98 Å². The molecule has 0 spiro atoms. The van der Waals surface area contributed by atoms with Crippen LogP contribution in [0.15, 0.2) is 42.7 Å². The standard InChI is InChI=1S/C25H26N6O2/c1-30-10-6-18-17(5-9-26-24(18)30)16-3-4-20(23-19(16)14-27-25(23)32)28-22-13-21(31(2)29-22)15-7-11-33-12-8-15/h3-6,9-10,13,15H,7-8,11-12,14H2,1-2H3,(H,27,32)(H,28,29). The summed E-state index contributed by atoms with van der Waals surface area (Å²) < 4.78 is 9.46. The highest BCUT2D eigenvalue weighted by Crippen LogP contribution is 2.38. The molecule has 2 aliphatic rings. The van der Waals surface area contributed by atoms with Gasteiger partial charge in [0.05, 0.1) is 11.3 Å². The molecule has 33 heavy (non-hydrogen) atoms. The van der Waals surface area contributed by atoms with Gasteiger partial charge in [-0.2, -0.15) is 5.10 Å². The lowest BCUT2D eigenvalue weighted by molar-refractivity contribution is 0.0837. The highest BCUT2D eigenvalue weighted by Gasteiger charge is 2.28. The van der Waals surface area contributed by atoms with Crippen LogP contribution in [0.2, 0.25) is 0 Å². The number of anilines is 2. The van der Waals surface area contributed by atoms with Crippen molar-refractivity contribution in [1.29, 1.82) is 0 Å². The van der Waals surface area contributed by atoms with E-state index in [-0.39, 0.29) is 5.91 Å². The van der Waals surface area contributed by atoms with E-state index >= 15 is 0 Å². The van der Waals surface area contributed by atoms with Gasteiger partial charge in [0.1, 0.15) is 5.65 Å². The molecule has 2 N–H and O–H groups in total. The van der Waals surface area contributed by atoms with Gasteiger partial charge in [0, 0.05) is 69.3 Å². The summed E-state index contributed by atoms with van der Waals surface area (Å²) >= 11 is 0. The molecular formula is C25H26N6O2. The summed E-state index contributed by atoms with van der Waals surface area (Å²) in [6.45, 7) is 2.08. The van der Waals surface area contributed by atoms with Gasteiger partial charge in [0.2, 0.25) is 0 Å². The lowest BCUT2D eigenvalue weighted by Gasteiger charge is -2.21. The average Bonchev–Trinajstić information content (AvgIpc) is 3.52. The molecule has 8 nitrogen and oxygen atoms in total. The first kappa shape index (κ1) is 20.0. The van der Waals surface area contributed by atoms with Gasteiger partial charge in [0.25, 0.3) is 5.91 Å². The fourth-order valence-electron chi connectivity index (χ4n) is 5.16. The monoisotopic (exact) mass is 442 g/mol. The minimum Gasteiger partial charge on any atom is -0.381 e. The van der Waals surface area contributed by atoms with Gasteiger partial charge in [-0.1, -0.05) is 6.07 Å². The van der Waals surface area contributed by atoms with E-state index in [0.29, 0.717) is 18.0 Å². The molecule has 0 atom stereocenters. The number of aryl methyl sites for hydroxylation is 2. The number of nitrogens with one attached hydrogen (secondary N) is 2. The lowest BCUT2D eigenvalue weighted by Crippen LogP contribution is -2.16. The molecule has 0 bridgehead atoms. The molecule has 0 saturated carbocycles. The van der Waals surface area contributed by atoms with Crippen LogP contribution in [0.4, 0.5) is 11.5 Å². The van der Waals surface area contributed by atoms with E-state index in [1.54, 1.807) is 0 Å². The van der Waals surface area contributed by atoms with Gasteiger partial charge in [0.15, 0.2) is 5.82 Å². The Labute approximate surface area is 191 Å². The van der Waals surface area contributed by atoms with E-state index in [4.69, 9.17) is 4.74 Å². The van der Waals surface area contributed by atoms with Crippen LogP contribution in [0.1, 0.15) is 40.4 Å². The molecule has 1 aromatic carbocycles. The molecule has 1 fully saturated rings. The molecule has 0 aliphatic carbocycles. The van der Waals surface area contributed by atoms with Gasteiger partial charge < -0.3 is 19.9 Å². The van der Waals surface area contributed by atoms with Crippen LogP contribution >= 0.6 is 0 Å². The number of fused-ring (bicyclic) bond motifs is 2. The zero-order valence-electron chi connectivity index (χ0n) is 18.8. The first-order chi connectivity index (χ1) is 16.1. The van der Waals surface area contributed by atoms with Crippen LogP contribution in [0.3, 0.4) is 0 Å². The second-order valence-electron chi connectivity index (χ2n) is 8.81. The first-order valence-corrected chi connectivity index (χ1v) is 11.3. The third-order valence-corrected chi connectivity index (χ3v) is 6.84. The van der Waals surface area contributed by atoms with E-state index in [0.717, 1.165) is 65.3 Å². The summed E-state index contributed by atoms with van der Waals surface area (Å²) in [6.07, 6.45) is 5.85. The maximum Gasteiger partial charge on any atom is 0.254 e. The quantitative estimate of drug-likeness (QED) is 0.501. The Kier molecular flexibility index (Phi) is 4.69. The second-order valence-corrected chi connectivity index (χ2v) is 8.81. The Morgan fingerprint density at radius 3 is 2.82 bits per heavy atom. The summed E-state index contributed by atoms with van der Waals surface area (Å²) in [5, 5.41) is 12.2. The second kappa shape index (κ2) is 7.74. The highest BCUT2D eigenvalue weighted by molar-refractivity contribution is 6.07. The summed E-state index contributed by atoms with van der Waals surface area (Å²) in [7, 11) is 3.97. The van der Waals surface area contributed by atoms with Gasteiger partial charge in [-0.15, -0.1) is 0 Å². The van der Waals surface area contributed by atoms with Crippen molar-refractivity contribution >= 4 is 28.4 Å². The normalized spacial score (nSPS) is 16.2. The zero-order valence-corrected chi connectivity index (χ0v) is 18.8. The van der Waals surface area contributed by atoms with Crippen molar-refractivity contribution in [3.05, 3.63) is 59.5 Å². The summed E-state index contributed by atoms with van der Waals surface area (Å²) in [6, 6.07) is 10.3. The van der Waals surface area contributed by atoms with Crippen LogP contribution in [0.5, 0.6) is 0 Å². The van der Waals surface area contributed by atoms with Crippen molar-refractivity contribution in [2.24, 2.45) is 14.1 Å². The minimum absolute atomic E-state index is 0.0618. The number of carbonyl (C=O) groups excluding carboxylic acids is 1. The number of aromatic nitrogens is 4. The van der Waals surface area contributed by atoms with Crippen molar-refractivity contribution in [2.75, 3.05) is 18.5 Å². The number of pyridine rings is 1. The number of nitrogens with zero attached hydrogens (tertiary/aromatic N) is 4. The van der Waals surface area contributed by atoms with E-state index in [2.05, 4.69) is 38.9 Å². The summed E-state index contributed by atoms with van der Waals surface area (Å²) in [5.41, 5.74) is 6.72. The molecular weight excluding hydrogens is 416 g/mol. The predicted molar refractivity (Wildman–Crippen MR) is 127 cm³/mol.